The fourth-order valence-electron chi connectivity index (χ4n) is 1.26. The Bertz CT molecular complexity index is 391. The Morgan fingerprint density at radius 2 is 1.93 bits per heavy atom. The summed E-state index contributed by atoms with van der Waals surface area (Å²) in [5.41, 5.74) is 0.749. The number of halogens is 3. The molecule has 0 radical (unpaired) electrons. The lowest BCUT2D eigenvalue weighted by Gasteiger charge is -2.04. The molecule has 0 spiro atoms. The van der Waals surface area contributed by atoms with E-state index in [1.54, 1.807) is 0 Å². The summed E-state index contributed by atoms with van der Waals surface area (Å²) in [6, 6.07) is 7.34. The van der Waals surface area contributed by atoms with Crippen LogP contribution in [0.2, 0.25) is 0 Å². The summed E-state index contributed by atoms with van der Waals surface area (Å²) < 4.78 is 0.107. The SMILES string of the molecule is O=C(Nc1ccc(Br)cc1)C1CC1(Cl)Cl. The van der Waals surface area contributed by atoms with Crippen LogP contribution in [0.15, 0.2) is 28.7 Å². The molecule has 1 aromatic carbocycles. The van der Waals surface area contributed by atoms with Gasteiger partial charge in [0.15, 0.2) is 0 Å². The third kappa shape index (κ3) is 2.65. The van der Waals surface area contributed by atoms with Crippen molar-refractivity contribution in [3.63, 3.8) is 0 Å². The summed E-state index contributed by atoms with van der Waals surface area (Å²) in [6.07, 6.45) is 0.526. The van der Waals surface area contributed by atoms with Crippen LogP contribution in [0.5, 0.6) is 0 Å². The van der Waals surface area contributed by atoms with Crippen LogP contribution in [0, 0.1) is 5.92 Å². The molecule has 1 atom stereocenters. The Hall–Kier alpha value is -0.250. The van der Waals surface area contributed by atoms with Crippen LogP contribution in [0.1, 0.15) is 6.42 Å². The van der Waals surface area contributed by atoms with Gasteiger partial charge in [-0.25, -0.2) is 0 Å². The largest absolute Gasteiger partial charge is 0.326 e. The minimum Gasteiger partial charge on any atom is -0.326 e. The Labute approximate surface area is 106 Å². The lowest BCUT2D eigenvalue weighted by atomic mass is 10.3. The first-order chi connectivity index (χ1) is 6.99. The molecule has 1 N–H and O–H groups in total. The Morgan fingerprint density at radius 1 is 1.40 bits per heavy atom. The number of benzene rings is 1. The molecular weight excluding hydrogens is 301 g/mol. The second kappa shape index (κ2) is 3.96. The highest BCUT2D eigenvalue weighted by Gasteiger charge is 2.56. The van der Waals surface area contributed by atoms with Crippen molar-refractivity contribution >= 4 is 50.7 Å². The third-order valence-electron chi connectivity index (χ3n) is 2.25. The number of amides is 1. The van der Waals surface area contributed by atoms with Crippen LogP contribution in [0.25, 0.3) is 0 Å². The van der Waals surface area contributed by atoms with E-state index in [-0.39, 0.29) is 11.8 Å². The fraction of sp³-hybridized carbons (Fsp3) is 0.300. The van der Waals surface area contributed by atoms with Gasteiger partial charge < -0.3 is 5.32 Å². The predicted molar refractivity (Wildman–Crippen MR) is 65.3 cm³/mol. The Balaban J connectivity index is 1.98. The van der Waals surface area contributed by atoms with E-state index in [0.29, 0.717) is 6.42 Å². The monoisotopic (exact) mass is 307 g/mol. The molecule has 2 rings (SSSR count). The molecule has 0 bridgehead atoms. The van der Waals surface area contributed by atoms with Crippen LogP contribution >= 0.6 is 39.1 Å². The normalized spacial score (nSPS) is 22.2. The van der Waals surface area contributed by atoms with E-state index < -0.39 is 4.33 Å². The second-order valence-corrected chi connectivity index (χ2v) is 5.97. The van der Waals surface area contributed by atoms with Gasteiger partial charge in [-0.3, -0.25) is 4.79 Å². The van der Waals surface area contributed by atoms with Crippen LogP contribution in [0.4, 0.5) is 5.69 Å². The summed E-state index contributed by atoms with van der Waals surface area (Å²) >= 11 is 14.9. The molecule has 5 heteroatoms. The molecule has 0 saturated heterocycles. The summed E-state index contributed by atoms with van der Waals surface area (Å²) in [5.74, 6) is -0.410. The number of carbonyl (C=O) groups excluding carboxylic acids is 1. The zero-order chi connectivity index (χ0) is 11.1. The maximum absolute atomic E-state index is 11.6. The highest BCUT2D eigenvalue weighted by atomic mass is 79.9. The molecule has 1 saturated carbocycles. The molecule has 0 heterocycles. The van der Waals surface area contributed by atoms with E-state index in [1.807, 2.05) is 24.3 Å². The number of hydrogen-bond donors (Lipinski definition) is 1. The van der Waals surface area contributed by atoms with Gasteiger partial charge in [0.25, 0.3) is 0 Å². The van der Waals surface area contributed by atoms with Crippen molar-refractivity contribution in [2.75, 3.05) is 5.32 Å². The van der Waals surface area contributed by atoms with Crippen molar-refractivity contribution in [1.82, 2.24) is 0 Å². The maximum Gasteiger partial charge on any atom is 0.230 e. The number of carbonyl (C=O) groups is 1. The zero-order valence-corrected chi connectivity index (χ0v) is 10.7. The van der Waals surface area contributed by atoms with Crippen LogP contribution in [-0.2, 0) is 4.79 Å². The van der Waals surface area contributed by atoms with Gasteiger partial charge in [-0.15, -0.1) is 23.2 Å². The Kier molecular flexibility index (Phi) is 2.97. The minimum atomic E-state index is -0.862. The molecule has 15 heavy (non-hydrogen) atoms. The second-order valence-electron chi connectivity index (χ2n) is 3.51. The van der Waals surface area contributed by atoms with E-state index in [4.69, 9.17) is 23.2 Å². The van der Waals surface area contributed by atoms with Gasteiger partial charge in [-0.1, -0.05) is 15.9 Å². The molecule has 1 fully saturated rings. The molecule has 1 aliphatic rings. The average Bonchev–Trinajstić information content (AvgIpc) is 2.79. The van der Waals surface area contributed by atoms with Gasteiger partial charge in [-0.05, 0) is 30.7 Å². The van der Waals surface area contributed by atoms with Gasteiger partial charge in [0.1, 0.15) is 4.33 Å². The van der Waals surface area contributed by atoms with Crippen LogP contribution < -0.4 is 5.32 Å². The molecule has 0 aromatic heterocycles. The van der Waals surface area contributed by atoms with Crippen molar-refractivity contribution in [1.29, 1.82) is 0 Å². The lowest BCUT2D eigenvalue weighted by molar-refractivity contribution is -0.117. The van der Waals surface area contributed by atoms with Gasteiger partial charge in [0, 0.05) is 10.2 Å². The molecular formula is C10H8BrCl2NO. The topological polar surface area (TPSA) is 29.1 Å². The first-order valence-electron chi connectivity index (χ1n) is 4.43. The number of alkyl halides is 2. The number of nitrogens with one attached hydrogen (secondary N) is 1. The minimum absolute atomic E-state index is 0.123. The summed E-state index contributed by atoms with van der Waals surface area (Å²) in [5, 5.41) is 2.76. The van der Waals surface area contributed by atoms with Crippen molar-refractivity contribution in [3.8, 4) is 0 Å². The number of anilines is 1. The van der Waals surface area contributed by atoms with Crippen LogP contribution in [-0.4, -0.2) is 10.2 Å². The lowest BCUT2D eigenvalue weighted by Crippen LogP contribution is -2.16. The number of rotatable bonds is 2. The van der Waals surface area contributed by atoms with E-state index in [2.05, 4.69) is 21.2 Å². The van der Waals surface area contributed by atoms with Gasteiger partial charge in [-0.2, -0.15) is 0 Å². The Morgan fingerprint density at radius 3 is 2.40 bits per heavy atom. The first-order valence-corrected chi connectivity index (χ1v) is 5.98. The third-order valence-corrected chi connectivity index (χ3v) is 3.62. The van der Waals surface area contributed by atoms with Gasteiger partial charge in [0.05, 0.1) is 5.92 Å². The summed E-state index contributed by atoms with van der Waals surface area (Å²) in [7, 11) is 0. The predicted octanol–water partition coefficient (Wildman–Crippen LogP) is 3.58. The summed E-state index contributed by atoms with van der Waals surface area (Å²) in [4.78, 5) is 11.6. The van der Waals surface area contributed by atoms with E-state index in [1.165, 1.54) is 0 Å². The van der Waals surface area contributed by atoms with Crippen molar-refractivity contribution in [2.24, 2.45) is 5.92 Å². The van der Waals surface area contributed by atoms with Crippen LogP contribution in [0.3, 0.4) is 0 Å². The van der Waals surface area contributed by atoms with Crippen molar-refractivity contribution in [2.45, 2.75) is 10.8 Å². The molecule has 1 unspecified atom stereocenters. The molecule has 1 amide bonds. The maximum atomic E-state index is 11.6. The fourth-order valence-corrected chi connectivity index (χ4v) is 2.03. The summed E-state index contributed by atoms with van der Waals surface area (Å²) in [6.45, 7) is 0. The van der Waals surface area contributed by atoms with E-state index >= 15 is 0 Å². The van der Waals surface area contributed by atoms with Gasteiger partial charge in [0.2, 0.25) is 5.91 Å². The highest BCUT2D eigenvalue weighted by Crippen LogP contribution is 2.53. The zero-order valence-electron chi connectivity index (χ0n) is 7.64. The van der Waals surface area contributed by atoms with E-state index in [0.717, 1.165) is 10.2 Å². The molecule has 2 nitrogen and oxygen atoms in total. The smallest absolute Gasteiger partial charge is 0.230 e. The van der Waals surface area contributed by atoms with Gasteiger partial charge >= 0.3 is 0 Å². The standard InChI is InChI=1S/C10H8BrCl2NO/c11-6-1-3-7(4-2-6)14-9(15)8-5-10(8,12)13/h1-4,8H,5H2,(H,14,15). The van der Waals surface area contributed by atoms with E-state index in [9.17, 15) is 4.79 Å². The molecule has 1 aromatic rings. The molecule has 80 valence electrons. The average molecular weight is 309 g/mol. The quantitative estimate of drug-likeness (QED) is 0.831. The van der Waals surface area contributed by atoms with Crippen molar-refractivity contribution < 1.29 is 4.79 Å². The molecule has 1 aliphatic carbocycles. The number of hydrogen-bond acceptors (Lipinski definition) is 1. The van der Waals surface area contributed by atoms with Crippen molar-refractivity contribution in [3.05, 3.63) is 28.7 Å². The highest BCUT2D eigenvalue weighted by molar-refractivity contribution is 9.10. The molecule has 0 aliphatic heterocycles. The first kappa shape index (κ1) is 11.2.